The van der Waals surface area contributed by atoms with Crippen molar-refractivity contribution in [1.82, 2.24) is 19.6 Å². The molecule has 0 fully saturated rings. The van der Waals surface area contributed by atoms with E-state index in [-0.39, 0.29) is 16.9 Å². The molecule has 1 N–H and O–H groups in total. The number of aryl methyl sites for hydroxylation is 1. The third kappa shape index (κ3) is 3.78. The lowest BCUT2D eigenvalue weighted by atomic mass is 10.0. The third-order valence-electron chi connectivity index (χ3n) is 4.65. The number of halogens is 6. The first-order valence-electron chi connectivity index (χ1n) is 8.79. The maximum atomic E-state index is 12.8. The van der Waals surface area contributed by atoms with E-state index in [1.807, 2.05) is 0 Å². The van der Waals surface area contributed by atoms with Crippen LogP contribution in [0.2, 0.25) is 0 Å². The summed E-state index contributed by atoms with van der Waals surface area (Å²) in [6.45, 7) is 1.63. The van der Waals surface area contributed by atoms with Gasteiger partial charge in [-0.05, 0) is 36.8 Å². The topological polar surface area (TPSA) is 63.0 Å². The highest BCUT2D eigenvalue weighted by Crippen LogP contribution is 2.33. The molecule has 31 heavy (non-hydrogen) atoms. The summed E-state index contributed by atoms with van der Waals surface area (Å²) >= 11 is 0. The highest BCUT2D eigenvalue weighted by Gasteiger charge is 2.32. The lowest BCUT2D eigenvalue weighted by Crippen LogP contribution is -2.14. The summed E-state index contributed by atoms with van der Waals surface area (Å²) in [5.74, 6) is 0. The minimum Gasteiger partial charge on any atom is -0.293 e. The van der Waals surface area contributed by atoms with E-state index >= 15 is 0 Å². The predicted molar refractivity (Wildman–Crippen MR) is 99.2 cm³/mol. The Morgan fingerprint density at radius 2 is 1.55 bits per heavy atom. The van der Waals surface area contributed by atoms with Gasteiger partial charge in [-0.1, -0.05) is 12.1 Å². The molecule has 3 aromatic heterocycles. The molecule has 0 amide bonds. The zero-order valence-corrected chi connectivity index (χ0v) is 15.6. The van der Waals surface area contributed by atoms with Crippen LogP contribution < -0.4 is 5.56 Å². The average molecular weight is 438 g/mol. The molecular weight excluding hydrogens is 426 g/mol. The number of H-pyrrole nitrogens is 1. The molecule has 0 saturated carbocycles. The summed E-state index contributed by atoms with van der Waals surface area (Å²) in [7, 11) is 0. The molecule has 0 aliphatic heterocycles. The van der Waals surface area contributed by atoms with E-state index in [0.29, 0.717) is 16.8 Å². The van der Waals surface area contributed by atoms with Gasteiger partial charge in [0.2, 0.25) is 0 Å². The van der Waals surface area contributed by atoms with Gasteiger partial charge >= 0.3 is 12.4 Å². The van der Waals surface area contributed by atoms with Crippen molar-refractivity contribution in [1.29, 1.82) is 0 Å². The molecule has 0 aliphatic carbocycles. The fourth-order valence-electron chi connectivity index (χ4n) is 3.18. The Hall–Kier alpha value is -3.63. The normalized spacial score (nSPS) is 12.5. The monoisotopic (exact) mass is 438 g/mol. The van der Waals surface area contributed by atoms with Crippen molar-refractivity contribution >= 4 is 5.65 Å². The Morgan fingerprint density at radius 3 is 2.10 bits per heavy atom. The lowest BCUT2D eigenvalue weighted by Gasteiger charge is -2.08. The van der Waals surface area contributed by atoms with Gasteiger partial charge < -0.3 is 0 Å². The van der Waals surface area contributed by atoms with Gasteiger partial charge in [-0.15, -0.1) is 0 Å². The Bertz CT molecular complexity index is 1320. The summed E-state index contributed by atoms with van der Waals surface area (Å²) in [6.07, 6.45) is -8.15. The quantitative estimate of drug-likeness (QED) is 0.443. The van der Waals surface area contributed by atoms with Crippen molar-refractivity contribution in [2.75, 3.05) is 0 Å². The predicted octanol–water partition coefficient (Wildman–Crippen LogP) is 5.10. The number of aromatic nitrogens is 4. The van der Waals surface area contributed by atoms with Crippen LogP contribution in [-0.2, 0) is 12.4 Å². The molecule has 160 valence electrons. The van der Waals surface area contributed by atoms with Gasteiger partial charge in [0.25, 0.3) is 5.56 Å². The van der Waals surface area contributed by atoms with Crippen LogP contribution in [0.4, 0.5) is 26.3 Å². The molecule has 0 radical (unpaired) electrons. The first kappa shape index (κ1) is 20.6. The molecule has 11 heteroatoms. The fraction of sp³-hybridized carbons (Fsp3) is 0.150. The van der Waals surface area contributed by atoms with E-state index < -0.39 is 29.2 Å². The van der Waals surface area contributed by atoms with Crippen LogP contribution in [0.3, 0.4) is 0 Å². The molecule has 0 saturated heterocycles. The van der Waals surface area contributed by atoms with E-state index in [0.717, 1.165) is 41.0 Å². The second-order valence-electron chi connectivity index (χ2n) is 6.76. The molecule has 0 bridgehead atoms. The van der Waals surface area contributed by atoms with Crippen LogP contribution in [0, 0.1) is 6.92 Å². The van der Waals surface area contributed by atoms with E-state index in [1.54, 1.807) is 6.92 Å². The number of alkyl halides is 6. The van der Waals surface area contributed by atoms with Crippen molar-refractivity contribution in [3.8, 4) is 22.4 Å². The van der Waals surface area contributed by atoms with Gasteiger partial charge in [0, 0.05) is 29.1 Å². The van der Waals surface area contributed by atoms with Crippen LogP contribution >= 0.6 is 0 Å². The minimum atomic E-state index is -4.61. The second kappa shape index (κ2) is 6.96. The van der Waals surface area contributed by atoms with Gasteiger partial charge in [-0.25, -0.2) is 9.50 Å². The Labute approximate surface area is 170 Å². The molecule has 0 atom stereocenters. The van der Waals surface area contributed by atoms with Crippen molar-refractivity contribution in [2.24, 2.45) is 0 Å². The second-order valence-corrected chi connectivity index (χ2v) is 6.76. The fourth-order valence-corrected chi connectivity index (χ4v) is 3.18. The van der Waals surface area contributed by atoms with Crippen molar-refractivity contribution < 1.29 is 26.3 Å². The highest BCUT2D eigenvalue weighted by molar-refractivity contribution is 5.81. The van der Waals surface area contributed by atoms with Gasteiger partial charge in [0.1, 0.15) is 5.69 Å². The lowest BCUT2D eigenvalue weighted by molar-refractivity contribution is -0.141. The zero-order valence-electron chi connectivity index (χ0n) is 15.6. The van der Waals surface area contributed by atoms with Crippen molar-refractivity contribution in [3.05, 3.63) is 76.0 Å². The van der Waals surface area contributed by atoms with Gasteiger partial charge in [0.15, 0.2) is 5.65 Å². The standard InChI is InChI=1S/C20H12F6N4O/c1-10-17(11-2-5-13(6-3-11)19(21,22)23)18-28-14(8-16(31)30(18)29-10)12-4-7-15(27-9-12)20(24,25)26/h2-9,29H,1H3. The maximum Gasteiger partial charge on any atom is 0.433 e. The first-order chi connectivity index (χ1) is 14.4. The van der Waals surface area contributed by atoms with E-state index in [1.165, 1.54) is 12.1 Å². The molecule has 5 nitrogen and oxygen atoms in total. The molecule has 1 aromatic carbocycles. The summed E-state index contributed by atoms with van der Waals surface area (Å²) in [6, 6.07) is 7.40. The van der Waals surface area contributed by atoms with E-state index in [2.05, 4.69) is 15.1 Å². The van der Waals surface area contributed by atoms with Crippen LogP contribution in [0.5, 0.6) is 0 Å². The number of benzene rings is 1. The zero-order chi connectivity index (χ0) is 22.6. The maximum absolute atomic E-state index is 12.8. The Morgan fingerprint density at radius 1 is 0.903 bits per heavy atom. The average Bonchev–Trinajstić information content (AvgIpc) is 3.03. The molecule has 0 aliphatic rings. The van der Waals surface area contributed by atoms with Gasteiger partial charge in [0.05, 0.1) is 11.3 Å². The molecule has 3 heterocycles. The number of nitrogens with zero attached hydrogens (tertiary/aromatic N) is 3. The Kier molecular flexibility index (Phi) is 4.64. The minimum absolute atomic E-state index is 0.0818. The molecule has 0 unspecified atom stereocenters. The number of rotatable bonds is 2. The number of nitrogens with one attached hydrogen (secondary N) is 1. The Balaban J connectivity index is 1.84. The number of aromatic amines is 1. The summed E-state index contributed by atoms with van der Waals surface area (Å²) < 4.78 is 77.9. The van der Waals surface area contributed by atoms with E-state index in [4.69, 9.17) is 0 Å². The number of hydrogen-bond donors (Lipinski definition) is 1. The van der Waals surface area contributed by atoms with E-state index in [9.17, 15) is 31.1 Å². The summed E-state index contributed by atoms with van der Waals surface area (Å²) in [4.78, 5) is 20.2. The smallest absolute Gasteiger partial charge is 0.293 e. The number of hydrogen-bond acceptors (Lipinski definition) is 3. The van der Waals surface area contributed by atoms with Crippen molar-refractivity contribution in [2.45, 2.75) is 19.3 Å². The summed E-state index contributed by atoms with van der Waals surface area (Å²) in [5, 5.41) is 2.80. The summed E-state index contributed by atoms with van der Waals surface area (Å²) in [5.41, 5.74) is -0.796. The number of fused-ring (bicyclic) bond motifs is 1. The molecule has 4 rings (SSSR count). The third-order valence-corrected chi connectivity index (χ3v) is 4.65. The van der Waals surface area contributed by atoms with Crippen LogP contribution in [0.1, 0.15) is 17.0 Å². The van der Waals surface area contributed by atoms with Crippen LogP contribution in [-0.4, -0.2) is 19.6 Å². The SMILES string of the molecule is Cc1[nH]n2c(=O)cc(-c3ccc(C(F)(F)F)nc3)nc2c1-c1ccc(C(F)(F)F)cc1. The van der Waals surface area contributed by atoms with Gasteiger partial charge in [-0.2, -0.15) is 26.3 Å². The molecule has 0 spiro atoms. The van der Waals surface area contributed by atoms with Crippen LogP contribution in [0.15, 0.2) is 53.5 Å². The highest BCUT2D eigenvalue weighted by atomic mass is 19.4. The van der Waals surface area contributed by atoms with Crippen molar-refractivity contribution in [3.63, 3.8) is 0 Å². The largest absolute Gasteiger partial charge is 0.433 e. The molecular formula is C20H12F6N4O. The van der Waals surface area contributed by atoms with Gasteiger partial charge in [-0.3, -0.25) is 14.9 Å². The van der Waals surface area contributed by atoms with Crippen LogP contribution in [0.25, 0.3) is 28.0 Å². The number of pyridine rings is 1. The first-order valence-corrected chi connectivity index (χ1v) is 8.79. The molecule has 4 aromatic rings.